The number of ketones is 1. The van der Waals surface area contributed by atoms with Crippen LogP contribution in [0, 0.1) is 26.7 Å². The fourth-order valence-corrected chi connectivity index (χ4v) is 7.30. The number of aromatic nitrogens is 5. The van der Waals surface area contributed by atoms with Gasteiger partial charge in [-0.3, -0.25) is 14.4 Å². The number of anilines is 1. The predicted octanol–water partition coefficient (Wildman–Crippen LogP) is 6.27. The van der Waals surface area contributed by atoms with Crippen LogP contribution in [0.15, 0.2) is 53.5 Å². The van der Waals surface area contributed by atoms with Gasteiger partial charge in [0.05, 0.1) is 15.3 Å². The predicted molar refractivity (Wildman–Crippen MR) is 181 cm³/mol. The monoisotopic (exact) mass is 767 g/mol. The number of hydrogen-bond donors (Lipinski definition) is 1. The first kappa shape index (κ1) is 30.4. The maximum atomic E-state index is 14.0. The van der Waals surface area contributed by atoms with Gasteiger partial charge in [0.25, 0.3) is 0 Å². The maximum absolute atomic E-state index is 14.0. The molecule has 0 unspecified atom stereocenters. The van der Waals surface area contributed by atoms with E-state index in [1.807, 2.05) is 61.9 Å². The quantitative estimate of drug-likeness (QED) is 0.0717. The Morgan fingerprint density at radius 2 is 1.84 bits per heavy atom. The highest BCUT2D eigenvalue weighted by Crippen LogP contribution is 2.36. The molecule has 1 aliphatic heterocycles. The van der Waals surface area contributed by atoms with Crippen LogP contribution in [0.2, 0.25) is 0 Å². The zero-order valence-electron chi connectivity index (χ0n) is 24.9. The van der Waals surface area contributed by atoms with Gasteiger partial charge in [0, 0.05) is 41.2 Å². The molecule has 0 radical (unpaired) electrons. The van der Waals surface area contributed by atoms with Crippen molar-refractivity contribution in [1.29, 1.82) is 0 Å². The van der Waals surface area contributed by atoms with Gasteiger partial charge in [-0.25, -0.2) is 14.5 Å². The number of nitrogens with zero attached hydrogens (tertiary/aromatic N) is 6. The second-order valence-electron chi connectivity index (χ2n) is 11.5. The topological polar surface area (TPSA) is 114 Å². The second kappa shape index (κ2) is 11.7. The third kappa shape index (κ3) is 5.53. The van der Waals surface area contributed by atoms with Crippen LogP contribution in [0.25, 0.3) is 27.7 Å². The number of nitrogens with one attached hydrogen (secondary N) is 1. The first-order chi connectivity index (χ1) is 20.9. The number of hydrogen-bond acceptors (Lipinski definition) is 6. The molecule has 5 aromatic rings. The van der Waals surface area contributed by atoms with E-state index >= 15 is 0 Å². The van der Waals surface area contributed by atoms with E-state index in [0.29, 0.717) is 22.4 Å². The van der Waals surface area contributed by atoms with Crippen LogP contribution in [0.4, 0.5) is 5.82 Å². The lowest BCUT2D eigenvalue weighted by Crippen LogP contribution is -2.46. The Morgan fingerprint density at radius 3 is 2.59 bits per heavy atom. The Bertz CT molecular complexity index is 1980. The Hall–Kier alpha value is -3.65. The SMILES string of the molecule is CC(=O)c1cn(CC(=O)N2[C@H](I)[C@@H](C)C[C@H]2C(=O)Nc2nc(Br)ccc2C)c2c(C)cc(-c3cnc4cc(C)nn4c3)cc12. The lowest BCUT2D eigenvalue weighted by molar-refractivity contribution is -0.137. The average Bonchev–Trinajstić information content (AvgIpc) is 3.62. The van der Waals surface area contributed by atoms with Crippen LogP contribution in [0.1, 0.15) is 47.4 Å². The standard InChI is InChI=1S/C32H31BrIN7O3/c1-16-6-7-26(33)36-31(16)37-32(44)25-9-18(3)30(34)41(25)28(43)15-39-14-24(20(5)42)23-11-21(8-17(2)29(23)39)22-12-35-27-10-19(4)38-40(27)13-22/h6-8,10-14,18,25,30H,9,15H2,1-5H3,(H,36,37,44)/t18-,25-,30-/m0/s1. The zero-order chi connectivity index (χ0) is 31.4. The molecule has 0 aliphatic carbocycles. The highest BCUT2D eigenvalue weighted by atomic mass is 127. The Labute approximate surface area is 276 Å². The first-order valence-corrected chi connectivity index (χ1v) is 16.3. The molecule has 3 atom stereocenters. The van der Waals surface area contributed by atoms with E-state index in [0.717, 1.165) is 44.5 Å². The van der Waals surface area contributed by atoms with Gasteiger partial charge in [0.15, 0.2) is 11.4 Å². The molecule has 2 amide bonds. The fourth-order valence-electron chi connectivity index (χ4n) is 6.00. The van der Waals surface area contributed by atoms with Crippen LogP contribution < -0.4 is 5.32 Å². The number of alkyl halides is 1. The smallest absolute Gasteiger partial charge is 0.248 e. The number of aryl methyl sites for hydroxylation is 3. The number of carbonyl (C=O) groups is 3. The van der Waals surface area contributed by atoms with Crippen molar-refractivity contribution in [3.63, 3.8) is 0 Å². The minimum Gasteiger partial charge on any atom is -0.337 e. The summed E-state index contributed by atoms with van der Waals surface area (Å²) in [4.78, 5) is 51.0. The summed E-state index contributed by atoms with van der Waals surface area (Å²) >= 11 is 5.62. The Morgan fingerprint density at radius 1 is 1.07 bits per heavy atom. The molecule has 12 heteroatoms. The largest absolute Gasteiger partial charge is 0.337 e. The van der Waals surface area contributed by atoms with Crippen LogP contribution in [0.5, 0.6) is 0 Å². The minimum absolute atomic E-state index is 0.00574. The molecule has 1 N–H and O–H groups in total. The Kier molecular flexibility index (Phi) is 8.07. The van der Waals surface area contributed by atoms with Crippen molar-refractivity contribution >= 4 is 78.5 Å². The van der Waals surface area contributed by atoms with E-state index in [9.17, 15) is 14.4 Å². The van der Waals surface area contributed by atoms with E-state index in [4.69, 9.17) is 0 Å². The molecule has 0 bridgehead atoms. The number of fused-ring (bicyclic) bond motifs is 2. The van der Waals surface area contributed by atoms with E-state index in [1.54, 1.807) is 21.8 Å². The molecule has 226 valence electrons. The molecule has 10 nitrogen and oxygen atoms in total. The van der Waals surface area contributed by atoms with Crippen molar-refractivity contribution in [1.82, 2.24) is 29.0 Å². The lowest BCUT2D eigenvalue weighted by atomic mass is 10.0. The van der Waals surface area contributed by atoms with E-state index in [1.165, 1.54) is 6.92 Å². The van der Waals surface area contributed by atoms with Crippen molar-refractivity contribution in [2.75, 3.05) is 5.32 Å². The molecule has 4 aromatic heterocycles. The summed E-state index contributed by atoms with van der Waals surface area (Å²) in [5.74, 6) is 0.0394. The van der Waals surface area contributed by atoms with Crippen molar-refractivity contribution in [3.05, 3.63) is 75.9 Å². The lowest BCUT2D eigenvalue weighted by Gasteiger charge is -2.28. The van der Waals surface area contributed by atoms with Gasteiger partial charge in [-0.2, -0.15) is 5.10 Å². The zero-order valence-corrected chi connectivity index (χ0v) is 28.7. The number of likely N-dealkylation sites (tertiary alicyclic amines) is 1. The summed E-state index contributed by atoms with van der Waals surface area (Å²) in [6.07, 6.45) is 6.03. The van der Waals surface area contributed by atoms with Crippen LogP contribution in [-0.2, 0) is 16.1 Å². The van der Waals surface area contributed by atoms with E-state index in [2.05, 4.69) is 65.8 Å². The molecular weight excluding hydrogens is 737 g/mol. The molecule has 1 aliphatic rings. The van der Waals surface area contributed by atoms with Gasteiger partial charge in [-0.1, -0.05) is 35.6 Å². The number of rotatable bonds is 6. The maximum Gasteiger partial charge on any atom is 0.248 e. The third-order valence-electron chi connectivity index (χ3n) is 8.18. The molecular formula is C32H31BrIN7O3. The molecule has 1 fully saturated rings. The highest BCUT2D eigenvalue weighted by Gasteiger charge is 2.44. The summed E-state index contributed by atoms with van der Waals surface area (Å²) in [6, 6.07) is 8.97. The van der Waals surface area contributed by atoms with Gasteiger partial charge in [0.2, 0.25) is 11.8 Å². The average molecular weight is 768 g/mol. The molecule has 1 saturated heterocycles. The van der Waals surface area contributed by atoms with Gasteiger partial charge >= 0.3 is 0 Å². The highest BCUT2D eigenvalue weighted by molar-refractivity contribution is 14.1. The molecule has 5 heterocycles. The summed E-state index contributed by atoms with van der Waals surface area (Å²) < 4.78 is 4.04. The van der Waals surface area contributed by atoms with Gasteiger partial charge in [-0.05, 0) is 90.9 Å². The minimum atomic E-state index is -0.644. The second-order valence-corrected chi connectivity index (χ2v) is 13.6. The van der Waals surface area contributed by atoms with Crippen molar-refractivity contribution in [2.45, 2.75) is 57.7 Å². The van der Waals surface area contributed by atoms with Crippen LogP contribution >= 0.6 is 38.5 Å². The molecule has 0 spiro atoms. The fraction of sp³-hybridized carbons (Fsp3) is 0.312. The Balaban J connectivity index is 1.33. The van der Waals surface area contributed by atoms with E-state index < -0.39 is 6.04 Å². The van der Waals surface area contributed by atoms with Crippen LogP contribution in [0.3, 0.4) is 0 Å². The molecule has 6 rings (SSSR count). The number of carbonyl (C=O) groups excluding carboxylic acids is 3. The summed E-state index contributed by atoms with van der Waals surface area (Å²) in [5.41, 5.74) is 6.50. The van der Waals surface area contributed by atoms with Crippen molar-refractivity contribution in [2.24, 2.45) is 5.92 Å². The number of amides is 2. The third-order valence-corrected chi connectivity index (χ3v) is 10.4. The van der Waals surface area contributed by atoms with Crippen molar-refractivity contribution < 1.29 is 14.4 Å². The number of Topliss-reactive ketones (excluding diaryl/α,β-unsaturated/α-hetero) is 1. The molecule has 1 aromatic carbocycles. The van der Waals surface area contributed by atoms with Gasteiger partial charge in [0.1, 0.15) is 23.0 Å². The van der Waals surface area contributed by atoms with Crippen molar-refractivity contribution in [3.8, 4) is 11.1 Å². The van der Waals surface area contributed by atoms with E-state index in [-0.39, 0.29) is 34.1 Å². The number of halogens is 2. The summed E-state index contributed by atoms with van der Waals surface area (Å²) in [7, 11) is 0. The van der Waals surface area contributed by atoms with Crippen LogP contribution in [-0.4, -0.2) is 56.7 Å². The molecule has 0 saturated carbocycles. The molecule has 44 heavy (non-hydrogen) atoms. The number of pyridine rings is 1. The normalized spacial score (nSPS) is 18.3. The van der Waals surface area contributed by atoms with Gasteiger partial charge in [-0.15, -0.1) is 0 Å². The summed E-state index contributed by atoms with van der Waals surface area (Å²) in [5, 5.41) is 8.19. The first-order valence-electron chi connectivity index (χ1n) is 14.3. The number of benzene rings is 1. The summed E-state index contributed by atoms with van der Waals surface area (Å²) in [6.45, 7) is 9.35. The van der Waals surface area contributed by atoms with Gasteiger partial charge < -0.3 is 14.8 Å².